The van der Waals surface area contributed by atoms with Crippen molar-refractivity contribution < 1.29 is 14.3 Å². The van der Waals surface area contributed by atoms with Gasteiger partial charge in [-0.25, -0.2) is 0 Å². The minimum absolute atomic E-state index is 0.00931. The number of carbonyl (C=O) groups is 2. The molecule has 1 unspecified atom stereocenters. The zero-order valence-corrected chi connectivity index (χ0v) is 11.9. The second kappa shape index (κ2) is 6.92. The second-order valence-electron chi connectivity index (χ2n) is 4.97. The largest absolute Gasteiger partial charge is 0.484 e. The van der Waals surface area contributed by atoms with Gasteiger partial charge in [-0.05, 0) is 44.0 Å². The van der Waals surface area contributed by atoms with Gasteiger partial charge < -0.3 is 10.1 Å². The molecule has 0 fully saturated rings. The molecule has 1 aromatic rings. The van der Waals surface area contributed by atoms with Crippen molar-refractivity contribution in [2.24, 2.45) is 5.92 Å². The van der Waals surface area contributed by atoms with Crippen molar-refractivity contribution in [1.82, 2.24) is 5.32 Å². The van der Waals surface area contributed by atoms with E-state index in [1.165, 1.54) is 6.92 Å². The summed E-state index contributed by atoms with van der Waals surface area (Å²) in [6.45, 7) is 7.55. The molecule has 0 heterocycles. The predicted octanol–water partition coefficient (Wildman–Crippen LogP) is 2.43. The van der Waals surface area contributed by atoms with Crippen LogP contribution in [0.5, 0.6) is 5.75 Å². The van der Waals surface area contributed by atoms with Gasteiger partial charge in [-0.3, -0.25) is 9.59 Å². The van der Waals surface area contributed by atoms with Gasteiger partial charge in [0.2, 0.25) is 0 Å². The first-order valence-electron chi connectivity index (χ1n) is 6.43. The van der Waals surface area contributed by atoms with E-state index in [9.17, 15) is 9.59 Å². The zero-order chi connectivity index (χ0) is 14.4. The quantitative estimate of drug-likeness (QED) is 0.802. The van der Waals surface area contributed by atoms with Gasteiger partial charge in [0.1, 0.15) is 5.75 Å². The number of benzene rings is 1. The lowest BCUT2D eigenvalue weighted by atomic mass is 10.1. The Morgan fingerprint density at radius 1 is 1.16 bits per heavy atom. The molecule has 0 aliphatic carbocycles. The van der Waals surface area contributed by atoms with Crippen molar-refractivity contribution in [1.29, 1.82) is 0 Å². The highest BCUT2D eigenvalue weighted by molar-refractivity contribution is 5.94. The summed E-state index contributed by atoms with van der Waals surface area (Å²) in [5.41, 5.74) is 0.630. The first-order valence-corrected chi connectivity index (χ1v) is 6.43. The van der Waals surface area contributed by atoms with E-state index in [0.717, 1.165) is 0 Å². The minimum Gasteiger partial charge on any atom is -0.484 e. The number of rotatable bonds is 6. The molecular formula is C15H21NO3. The number of Topliss-reactive ketones (excluding diaryl/α,β-unsaturated/α-hetero) is 1. The SMILES string of the molecule is CC(=O)c1ccc(OCC(=O)NC(C)C(C)C)cc1. The zero-order valence-electron chi connectivity index (χ0n) is 11.9. The van der Waals surface area contributed by atoms with Crippen molar-refractivity contribution in [3.63, 3.8) is 0 Å². The van der Waals surface area contributed by atoms with Gasteiger partial charge in [-0.2, -0.15) is 0 Å². The van der Waals surface area contributed by atoms with E-state index in [0.29, 0.717) is 17.2 Å². The van der Waals surface area contributed by atoms with E-state index < -0.39 is 0 Å². The molecule has 104 valence electrons. The van der Waals surface area contributed by atoms with Crippen molar-refractivity contribution in [2.75, 3.05) is 6.61 Å². The molecule has 0 aliphatic rings. The van der Waals surface area contributed by atoms with Gasteiger partial charge in [-0.15, -0.1) is 0 Å². The summed E-state index contributed by atoms with van der Waals surface area (Å²) >= 11 is 0. The van der Waals surface area contributed by atoms with Gasteiger partial charge in [0.25, 0.3) is 5.91 Å². The summed E-state index contributed by atoms with van der Waals surface area (Å²) in [5, 5.41) is 2.86. The molecule has 1 N–H and O–H groups in total. The molecule has 1 amide bonds. The van der Waals surface area contributed by atoms with Gasteiger partial charge in [-0.1, -0.05) is 13.8 Å². The number of ketones is 1. The van der Waals surface area contributed by atoms with E-state index in [1.54, 1.807) is 24.3 Å². The monoisotopic (exact) mass is 263 g/mol. The molecule has 1 aromatic carbocycles. The molecular weight excluding hydrogens is 242 g/mol. The lowest BCUT2D eigenvalue weighted by Crippen LogP contribution is -2.38. The van der Waals surface area contributed by atoms with Crippen molar-refractivity contribution >= 4 is 11.7 Å². The van der Waals surface area contributed by atoms with E-state index >= 15 is 0 Å². The Hall–Kier alpha value is -1.84. The number of amides is 1. The standard InChI is InChI=1S/C15H21NO3/c1-10(2)11(3)16-15(18)9-19-14-7-5-13(6-8-14)12(4)17/h5-8,10-11H,9H2,1-4H3,(H,16,18). The van der Waals surface area contributed by atoms with Gasteiger partial charge in [0.15, 0.2) is 12.4 Å². The molecule has 1 atom stereocenters. The third-order valence-electron chi connectivity index (χ3n) is 3.02. The minimum atomic E-state index is -0.142. The maximum Gasteiger partial charge on any atom is 0.258 e. The molecule has 4 heteroatoms. The van der Waals surface area contributed by atoms with Crippen molar-refractivity contribution in [3.05, 3.63) is 29.8 Å². The molecule has 0 saturated carbocycles. The summed E-state index contributed by atoms with van der Waals surface area (Å²) in [4.78, 5) is 22.7. The van der Waals surface area contributed by atoms with Gasteiger partial charge in [0.05, 0.1) is 0 Å². The normalized spacial score (nSPS) is 12.1. The third-order valence-corrected chi connectivity index (χ3v) is 3.02. The lowest BCUT2D eigenvalue weighted by Gasteiger charge is -2.17. The maximum atomic E-state index is 11.6. The molecule has 4 nitrogen and oxygen atoms in total. The van der Waals surface area contributed by atoms with E-state index in [1.807, 2.05) is 20.8 Å². The van der Waals surface area contributed by atoms with Gasteiger partial charge >= 0.3 is 0 Å². The van der Waals surface area contributed by atoms with Gasteiger partial charge in [0, 0.05) is 11.6 Å². The Morgan fingerprint density at radius 2 is 1.74 bits per heavy atom. The molecule has 0 spiro atoms. The highest BCUT2D eigenvalue weighted by Gasteiger charge is 2.11. The summed E-state index contributed by atoms with van der Waals surface area (Å²) in [6.07, 6.45) is 0. The van der Waals surface area contributed by atoms with Crippen LogP contribution in [0.25, 0.3) is 0 Å². The topological polar surface area (TPSA) is 55.4 Å². The fourth-order valence-electron chi connectivity index (χ4n) is 1.40. The molecule has 0 radical (unpaired) electrons. The maximum absolute atomic E-state index is 11.6. The average Bonchev–Trinajstić information content (AvgIpc) is 2.36. The Balaban J connectivity index is 2.44. The van der Waals surface area contributed by atoms with Crippen LogP contribution in [0, 0.1) is 5.92 Å². The highest BCUT2D eigenvalue weighted by Crippen LogP contribution is 2.12. The summed E-state index contributed by atoms with van der Waals surface area (Å²) in [6, 6.07) is 6.88. The Labute approximate surface area is 114 Å². The Morgan fingerprint density at radius 3 is 2.21 bits per heavy atom. The Kier molecular flexibility index (Phi) is 5.55. The van der Waals surface area contributed by atoms with E-state index in [-0.39, 0.29) is 24.3 Å². The Bertz CT molecular complexity index is 437. The number of hydrogen-bond donors (Lipinski definition) is 1. The van der Waals surface area contributed by atoms with E-state index in [2.05, 4.69) is 5.32 Å². The van der Waals surface area contributed by atoms with Crippen LogP contribution in [0.1, 0.15) is 38.1 Å². The second-order valence-corrected chi connectivity index (χ2v) is 4.97. The summed E-state index contributed by atoms with van der Waals surface area (Å²) in [7, 11) is 0. The lowest BCUT2D eigenvalue weighted by molar-refractivity contribution is -0.124. The third kappa shape index (κ3) is 5.12. The average molecular weight is 263 g/mol. The van der Waals surface area contributed by atoms with Crippen LogP contribution in [0.3, 0.4) is 0 Å². The van der Waals surface area contributed by atoms with Crippen LogP contribution in [-0.2, 0) is 4.79 Å². The molecule has 1 rings (SSSR count). The summed E-state index contributed by atoms with van der Waals surface area (Å²) < 4.78 is 5.36. The van der Waals surface area contributed by atoms with Crippen LogP contribution >= 0.6 is 0 Å². The highest BCUT2D eigenvalue weighted by atomic mass is 16.5. The van der Waals surface area contributed by atoms with Crippen LogP contribution in [-0.4, -0.2) is 24.3 Å². The molecule has 19 heavy (non-hydrogen) atoms. The molecule has 0 bridgehead atoms. The van der Waals surface area contributed by atoms with Crippen LogP contribution < -0.4 is 10.1 Å². The van der Waals surface area contributed by atoms with Crippen LogP contribution in [0.2, 0.25) is 0 Å². The number of nitrogens with one attached hydrogen (secondary N) is 1. The summed E-state index contributed by atoms with van der Waals surface area (Å²) in [5.74, 6) is 0.836. The van der Waals surface area contributed by atoms with Crippen molar-refractivity contribution in [2.45, 2.75) is 33.7 Å². The molecule has 0 saturated heterocycles. The number of carbonyl (C=O) groups excluding carboxylic acids is 2. The molecule has 0 aliphatic heterocycles. The predicted molar refractivity (Wildman–Crippen MR) is 74.4 cm³/mol. The molecule has 0 aromatic heterocycles. The smallest absolute Gasteiger partial charge is 0.258 e. The number of hydrogen-bond acceptors (Lipinski definition) is 3. The number of ether oxygens (including phenoxy) is 1. The van der Waals surface area contributed by atoms with Crippen molar-refractivity contribution in [3.8, 4) is 5.75 Å². The fraction of sp³-hybridized carbons (Fsp3) is 0.467. The van der Waals surface area contributed by atoms with E-state index in [4.69, 9.17) is 4.74 Å². The van der Waals surface area contributed by atoms with Crippen LogP contribution in [0.4, 0.5) is 0 Å². The first kappa shape index (κ1) is 15.2. The first-order chi connectivity index (χ1) is 8.90. The van der Waals surface area contributed by atoms with Crippen LogP contribution in [0.15, 0.2) is 24.3 Å². The fourth-order valence-corrected chi connectivity index (χ4v) is 1.40.